The summed E-state index contributed by atoms with van der Waals surface area (Å²) in [5.74, 6) is 1.80. The van der Waals surface area contributed by atoms with E-state index in [2.05, 4.69) is 9.97 Å². The average Bonchev–Trinajstić information content (AvgIpc) is 2.27. The predicted octanol–water partition coefficient (Wildman–Crippen LogP) is 4.62. The molecule has 0 N–H and O–H groups in total. The minimum atomic E-state index is 0.268. The van der Waals surface area contributed by atoms with Crippen LogP contribution in [0.25, 0.3) is 0 Å². The molecule has 3 nitrogen and oxygen atoms in total. The van der Waals surface area contributed by atoms with E-state index in [4.69, 9.17) is 39.5 Å². The zero-order chi connectivity index (χ0) is 13.1. The Bertz CT molecular complexity index is 555. The van der Waals surface area contributed by atoms with Crippen molar-refractivity contribution in [3.8, 4) is 11.6 Å². The molecule has 1 aromatic carbocycles. The number of aromatic nitrogens is 2. The number of rotatable bonds is 3. The van der Waals surface area contributed by atoms with Gasteiger partial charge in [0.2, 0.25) is 5.88 Å². The van der Waals surface area contributed by atoms with E-state index in [9.17, 15) is 0 Å². The molecule has 0 aliphatic rings. The molecule has 0 fully saturated rings. The summed E-state index contributed by atoms with van der Waals surface area (Å²) < 4.78 is 5.64. The number of halogens is 3. The predicted molar refractivity (Wildman–Crippen MR) is 72.9 cm³/mol. The van der Waals surface area contributed by atoms with Gasteiger partial charge < -0.3 is 4.74 Å². The number of ether oxygens (including phenoxy) is 1. The highest BCUT2D eigenvalue weighted by Gasteiger charge is 2.08. The standard InChI is InChI=1S/C12H9Cl3N2O/c1-7-16-6-8(5-13)12(17-7)18-11-3-9(14)2-10(15)4-11/h2-4,6H,5H2,1H3. The van der Waals surface area contributed by atoms with Crippen LogP contribution in [0.4, 0.5) is 0 Å². The van der Waals surface area contributed by atoms with Crippen LogP contribution in [0.1, 0.15) is 11.4 Å². The van der Waals surface area contributed by atoms with E-state index in [1.165, 1.54) is 0 Å². The molecule has 6 heteroatoms. The van der Waals surface area contributed by atoms with E-state index >= 15 is 0 Å². The number of hydrogen-bond donors (Lipinski definition) is 0. The lowest BCUT2D eigenvalue weighted by Gasteiger charge is -2.09. The fraction of sp³-hybridized carbons (Fsp3) is 0.167. The fourth-order valence-corrected chi connectivity index (χ4v) is 2.04. The van der Waals surface area contributed by atoms with Crippen molar-refractivity contribution in [2.75, 3.05) is 0 Å². The molecule has 0 unspecified atom stereocenters. The fourth-order valence-electron chi connectivity index (χ4n) is 1.35. The van der Waals surface area contributed by atoms with Crippen LogP contribution in [0, 0.1) is 6.92 Å². The van der Waals surface area contributed by atoms with Crippen molar-refractivity contribution >= 4 is 34.8 Å². The molecule has 0 amide bonds. The number of hydrogen-bond acceptors (Lipinski definition) is 3. The molecule has 2 rings (SSSR count). The third-order valence-electron chi connectivity index (χ3n) is 2.14. The maximum atomic E-state index is 5.90. The van der Waals surface area contributed by atoms with Crippen LogP contribution in [0.3, 0.4) is 0 Å². The molecule has 0 bridgehead atoms. The van der Waals surface area contributed by atoms with Crippen LogP contribution < -0.4 is 4.74 Å². The lowest BCUT2D eigenvalue weighted by atomic mass is 10.3. The Morgan fingerprint density at radius 3 is 2.44 bits per heavy atom. The van der Waals surface area contributed by atoms with Gasteiger partial charge >= 0.3 is 0 Å². The normalized spacial score (nSPS) is 10.4. The van der Waals surface area contributed by atoms with E-state index in [-0.39, 0.29) is 5.88 Å². The van der Waals surface area contributed by atoms with Gasteiger partial charge in [-0.2, -0.15) is 4.98 Å². The van der Waals surface area contributed by atoms with E-state index in [0.29, 0.717) is 33.1 Å². The van der Waals surface area contributed by atoms with Gasteiger partial charge in [0.15, 0.2) is 0 Å². The van der Waals surface area contributed by atoms with Crippen molar-refractivity contribution in [1.29, 1.82) is 0 Å². The maximum Gasteiger partial charge on any atom is 0.226 e. The number of aryl methyl sites for hydroxylation is 1. The van der Waals surface area contributed by atoms with Crippen molar-refractivity contribution < 1.29 is 4.74 Å². The Labute approximate surface area is 120 Å². The largest absolute Gasteiger partial charge is 0.438 e. The molecule has 0 spiro atoms. The van der Waals surface area contributed by atoms with Crippen molar-refractivity contribution in [3.05, 3.63) is 45.8 Å². The van der Waals surface area contributed by atoms with Gasteiger partial charge in [-0.05, 0) is 25.1 Å². The Balaban J connectivity index is 2.35. The molecule has 2 aromatic rings. The van der Waals surface area contributed by atoms with Crippen LogP contribution in [-0.4, -0.2) is 9.97 Å². The van der Waals surface area contributed by atoms with Crippen molar-refractivity contribution in [1.82, 2.24) is 9.97 Å². The summed E-state index contributed by atoms with van der Waals surface area (Å²) in [6.07, 6.45) is 1.64. The lowest BCUT2D eigenvalue weighted by Crippen LogP contribution is -1.97. The zero-order valence-corrected chi connectivity index (χ0v) is 11.7. The van der Waals surface area contributed by atoms with Crippen LogP contribution in [0.2, 0.25) is 10.0 Å². The molecule has 0 aliphatic heterocycles. The number of alkyl halides is 1. The first-order chi connectivity index (χ1) is 8.58. The number of nitrogens with zero attached hydrogens (tertiary/aromatic N) is 2. The SMILES string of the molecule is Cc1ncc(CCl)c(Oc2cc(Cl)cc(Cl)c2)n1. The van der Waals surface area contributed by atoms with Crippen molar-refractivity contribution in [2.45, 2.75) is 12.8 Å². The molecule has 1 heterocycles. The molecule has 0 aliphatic carbocycles. The second-order valence-corrected chi connectivity index (χ2v) is 4.73. The molecule has 18 heavy (non-hydrogen) atoms. The molecule has 0 atom stereocenters. The Morgan fingerprint density at radius 1 is 1.17 bits per heavy atom. The second kappa shape index (κ2) is 5.74. The van der Waals surface area contributed by atoms with Gasteiger partial charge in [-0.15, -0.1) is 11.6 Å². The highest BCUT2D eigenvalue weighted by Crippen LogP contribution is 2.29. The monoisotopic (exact) mass is 302 g/mol. The zero-order valence-electron chi connectivity index (χ0n) is 9.45. The molecule has 0 saturated heterocycles. The summed E-state index contributed by atoms with van der Waals surface area (Å²) >= 11 is 17.6. The van der Waals surface area contributed by atoms with Gasteiger partial charge in [0.1, 0.15) is 11.6 Å². The average molecular weight is 304 g/mol. The quantitative estimate of drug-likeness (QED) is 0.776. The lowest BCUT2D eigenvalue weighted by molar-refractivity contribution is 0.455. The highest BCUT2D eigenvalue weighted by molar-refractivity contribution is 6.34. The van der Waals surface area contributed by atoms with Crippen LogP contribution in [0.15, 0.2) is 24.4 Å². The second-order valence-electron chi connectivity index (χ2n) is 3.59. The molecular weight excluding hydrogens is 295 g/mol. The van der Waals surface area contributed by atoms with E-state index in [0.717, 1.165) is 0 Å². The van der Waals surface area contributed by atoms with Crippen LogP contribution >= 0.6 is 34.8 Å². The minimum Gasteiger partial charge on any atom is -0.438 e. The van der Waals surface area contributed by atoms with Gasteiger partial charge in [-0.1, -0.05) is 23.2 Å². The highest BCUT2D eigenvalue weighted by atomic mass is 35.5. The van der Waals surface area contributed by atoms with Crippen molar-refractivity contribution in [2.24, 2.45) is 0 Å². The Hall–Kier alpha value is -1.03. The molecular formula is C12H9Cl3N2O. The first-order valence-corrected chi connectivity index (χ1v) is 6.40. The van der Waals surface area contributed by atoms with Crippen LogP contribution in [0.5, 0.6) is 11.6 Å². The van der Waals surface area contributed by atoms with Crippen LogP contribution in [-0.2, 0) is 5.88 Å². The molecule has 1 aromatic heterocycles. The van der Waals surface area contributed by atoms with Gasteiger partial charge in [-0.3, -0.25) is 0 Å². The first-order valence-electron chi connectivity index (χ1n) is 5.11. The van der Waals surface area contributed by atoms with Gasteiger partial charge in [-0.25, -0.2) is 4.98 Å². The number of benzene rings is 1. The summed E-state index contributed by atoms with van der Waals surface area (Å²) in [7, 11) is 0. The summed E-state index contributed by atoms with van der Waals surface area (Å²) in [5.41, 5.74) is 0.707. The van der Waals surface area contributed by atoms with E-state index < -0.39 is 0 Å². The maximum absolute atomic E-state index is 5.90. The van der Waals surface area contributed by atoms with E-state index in [1.54, 1.807) is 31.3 Å². The molecule has 94 valence electrons. The Kier molecular flexibility index (Phi) is 4.27. The third kappa shape index (κ3) is 3.25. The third-order valence-corrected chi connectivity index (χ3v) is 2.86. The smallest absolute Gasteiger partial charge is 0.226 e. The van der Waals surface area contributed by atoms with Crippen molar-refractivity contribution in [3.63, 3.8) is 0 Å². The van der Waals surface area contributed by atoms with Gasteiger partial charge in [0.25, 0.3) is 0 Å². The summed E-state index contributed by atoms with van der Waals surface area (Å²) in [5, 5.41) is 0.992. The summed E-state index contributed by atoms with van der Waals surface area (Å²) in [6.45, 7) is 1.77. The minimum absolute atomic E-state index is 0.268. The molecule has 0 radical (unpaired) electrons. The Morgan fingerprint density at radius 2 is 1.83 bits per heavy atom. The van der Waals surface area contributed by atoms with Gasteiger partial charge in [0, 0.05) is 21.8 Å². The topological polar surface area (TPSA) is 35.0 Å². The summed E-state index contributed by atoms with van der Waals surface area (Å²) in [4.78, 5) is 8.25. The van der Waals surface area contributed by atoms with Gasteiger partial charge in [0.05, 0.1) is 5.88 Å². The molecule has 0 saturated carbocycles. The summed E-state index contributed by atoms with van der Waals surface area (Å²) in [6, 6.07) is 4.94. The first kappa shape index (κ1) is 13.4. The van der Waals surface area contributed by atoms with E-state index in [1.807, 2.05) is 0 Å².